The van der Waals surface area contributed by atoms with Gasteiger partial charge in [0.25, 0.3) is 0 Å². The van der Waals surface area contributed by atoms with Crippen molar-refractivity contribution < 1.29 is 9.22 Å². The zero-order valence-electron chi connectivity index (χ0n) is 11.6. The normalized spacial score (nSPS) is 12.9. The van der Waals surface area contributed by atoms with Crippen LogP contribution in [0, 0.1) is 0 Å². The molecular formula is C14H20O2SeSi. The van der Waals surface area contributed by atoms with Crippen molar-refractivity contribution in [3.8, 4) is 0 Å². The van der Waals surface area contributed by atoms with Crippen molar-refractivity contribution in [3.05, 3.63) is 40.6 Å². The molecule has 1 rings (SSSR count). The zero-order chi connectivity index (χ0) is 13.8. The molecule has 0 aliphatic heterocycles. The van der Waals surface area contributed by atoms with E-state index >= 15 is 0 Å². The van der Waals surface area contributed by atoms with Crippen molar-refractivity contribution >= 4 is 33.5 Å². The van der Waals surface area contributed by atoms with Gasteiger partial charge in [0.15, 0.2) is 0 Å². The standard InChI is InChI=1S/C14H20O2SeSi/c1-11(15)14(12(2)16-18(3,4)5)17-13-9-7-6-8-10-13/h6-10H,1-5H3/b14-12+. The van der Waals surface area contributed by atoms with Gasteiger partial charge >= 0.3 is 117 Å². The van der Waals surface area contributed by atoms with Crippen LogP contribution in [-0.2, 0) is 9.22 Å². The van der Waals surface area contributed by atoms with Crippen molar-refractivity contribution in [2.75, 3.05) is 0 Å². The van der Waals surface area contributed by atoms with Gasteiger partial charge in [-0.25, -0.2) is 0 Å². The maximum absolute atomic E-state index is 11.8. The molecule has 0 aliphatic carbocycles. The van der Waals surface area contributed by atoms with Crippen LogP contribution in [0.4, 0.5) is 0 Å². The van der Waals surface area contributed by atoms with Crippen LogP contribution < -0.4 is 4.46 Å². The molecule has 0 fully saturated rings. The first kappa shape index (κ1) is 15.2. The van der Waals surface area contributed by atoms with Gasteiger partial charge < -0.3 is 0 Å². The molecule has 2 nitrogen and oxygen atoms in total. The molecule has 0 radical (unpaired) electrons. The van der Waals surface area contributed by atoms with E-state index in [1.165, 1.54) is 4.46 Å². The quantitative estimate of drug-likeness (QED) is 0.472. The summed E-state index contributed by atoms with van der Waals surface area (Å²) < 4.78 is 7.99. The third kappa shape index (κ3) is 5.21. The van der Waals surface area contributed by atoms with Crippen molar-refractivity contribution in [2.45, 2.75) is 33.5 Å². The Morgan fingerprint density at radius 1 is 1.11 bits per heavy atom. The van der Waals surface area contributed by atoms with E-state index in [1.807, 2.05) is 25.1 Å². The van der Waals surface area contributed by atoms with Crippen LogP contribution in [0.25, 0.3) is 0 Å². The number of Topliss-reactive ketones (excluding diaryl/α,β-unsaturated/α-hetero) is 1. The summed E-state index contributed by atoms with van der Waals surface area (Å²) >= 11 is 0.0246. The summed E-state index contributed by atoms with van der Waals surface area (Å²) in [5.74, 6) is 0.931. The van der Waals surface area contributed by atoms with Gasteiger partial charge in [-0.1, -0.05) is 0 Å². The summed E-state index contributed by atoms with van der Waals surface area (Å²) in [6.45, 7) is 9.92. The van der Waals surface area contributed by atoms with Gasteiger partial charge in [-0.2, -0.15) is 0 Å². The molecule has 0 unspecified atom stereocenters. The fourth-order valence-corrected chi connectivity index (χ4v) is 4.49. The molecule has 0 N–H and O–H groups in total. The van der Waals surface area contributed by atoms with Crippen LogP contribution >= 0.6 is 0 Å². The van der Waals surface area contributed by atoms with Gasteiger partial charge in [0.2, 0.25) is 0 Å². The molecule has 1 aromatic rings. The topological polar surface area (TPSA) is 26.3 Å². The van der Waals surface area contributed by atoms with E-state index in [4.69, 9.17) is 4.43 Å². The molecule has 18 heavy (non-hydrogen) atoms. The SMILES string of the molecule is CC(=O)/C([Se]c1ccccc1)=C(/C)O[Si](C)(C)C. The molecule has 98 valence electrons. The Morgan fingerprint density at radius 2 is 1.67 bits per heavy atom. The van der Waals surface area contributed by atoms with Gasteiger partial charge in [-0.3, -0.25) is 0 Å². The van der Waals surface area contributed by atoms with Gasteiger partial charge in [-0.05, 0) is 0 Å². The van der Waals surface area contributed by atoms with Crippen LogP contribution in [-0.4, -0.2) is 29.1 Å². The Kier molecular flexibility index (Phi) is 5.39. The summed E-state index contributed by atoms with van der Waals surface area (Å²) in [5.41, 5.74) is 0. The Morgan fingerprint density at radius 3 is 2.11 bits per heavy atom. The third-order valence-corrected chi connectivity index (χ3v) is 5.68. The number of benzene rings is 1. The van der Waals surface area contributed by atoms with Gasteiger partial charge in [0.1, 0.15) is 0 Å². The minimum atomic E-state index is -1.65. The maximum atomic E-state index is 11.8. The molecule has 0 spiro atoms. The minimum absolute atomic E-state index is 0.0246. The summed E-state index contributed by atoms with van der Waals surface area (Å²) in [5, 5.41) is 0. The zero-order valence-corrected chi connectivity index (χ0v) is 14.3. The molecule has 0 saturated carbocycles. The first-order valence-corrected chi connectivity index (χ1v) is 11.1. The van der Waals surface area contributed by atoms with E-state index in [0.717, 1.165) is 10.2 Å². The number of rotatable bonds is 5. The Bertz CT molecular complexity index is 447. The number of allylic oxidation sites excluding steroid dienone is 2. The molecule has 0 bridgehead atoms. The first-order chi connectivity index (χ1) is 8.29. The molecule has 0 aliphatic rings. The van der Waals surface area contributed by atoms with E-state index in [-0.39, 0.29) is 20.7 Å². The van der Waals surface area contributed by atoms with Gasteiger partial charge in [-0.15, -0.1) is 0 Å². The summed E-state index contributed by atoms with van der Waals surface area (Å²) in [4.78, 5) is 11.8. The van der Waals surface area contributed by atoms with E-state index < -0.39 is 8.32 Å². The summed E-state index contributed by atoms with van der Waals surface area (Å²) in [6, 6.07) is 10.1. The van der Waals surface area contributed by atoms with Crippen LogP contribution in [0.1, 0.15) is 13.8 Å². The fourth-order valence-electron chi connectivity index (χ4n) is 1.50. The molecule has 0 saturated heterocycles. The Hall–Kier alpha value is -0.834. The predicted octanol–water partition coefficient (Wildman–Crippen LogP) is 2.69. The van der Waals surface area contributed by atoms with Crippen LogP contribution in [0.5, 0.6) is 0 Å². The second kappa shape index (κ2) is 6.37. The Labute approximate surface area is 117 Å². The molecule has 0 atom stereocenters. The van der Waals surface area contributed by atoms with Crippen molar-refractivity contribution in [1.82, 2.24) is 0 Å². The molecule has 0 aromatic heterocycles. The van der Waals surface area contributed by atoms with Crippen LogP contribution in [0.15, 0.2) is 40.6 Å². The monoisotopic (exact) mass is 328 g/mol. The molecule has 4 heteroatoms. The van der Waals surface area contributed by atoms with Crippen molar-refractivity contribution in [3.63, 3.8) is 0 Å². The third-order valence-electron chi connectivity index (χ3n) is 2.06. The van der Waals surface area contributed by atoms with Crippen molar-refractivity contribution in [2.24, 2.45) is 0 Å². The predicted molar refractivity (Wildman–Crippen MR) is 79.6 cm³/mol. The average molecular weight is 327 g/mol. The molecule has 0 amide bonds. The molecule has 1 aromatic carbocycles. The molecular weight excluding hydrogens is 307 g/mol. The number of hydrogen-bond acceptors (Lipinski definition) is 2. The second-order valence-corrected chi connectivity index (χ2v) is 11.8. The number of hydrogen-bond donors (Lipinski definition) is 0. The average Bonchev–Trinajstić information content (AvgIpc) is 2.24. The number of carbonyl (C=O) groups excluding carboxylic acids is 1. The fraction of sp³-hybridized carbons (Fsp3) is 0.357. The summed E-state index contributed by atoms with van der Waals surface area (Å²) in [7, 11) is -1.65. The van der Waals surface area contributed by atoms with E-state index in [2.05, 4.69) is 31.8 Å². The second-order valence-electron chi connectivity index (χ2n) is 5.07. The number of ketones is 1. The summed E-state index contributed by atoms with van der Waals surface area (Å²) in [6.07, 6.45) is 0. The van der Waals surface area contributed by atoms with Crippen LogP contribution in [0.2, 0.25) is 19.6 Å². The van der Waals surface area contributed by atoms with E-state index in [1.54, 1.807) is 6.92 Å². The Balaban J connectivity index is 2.96. The van der Waals surface area contributed by atoms with Gasteiger partial charge in [0.05, 0.1) is 0 Å². The number of carbonyl (C=O) groups is 1. The van der Waals surface area contributed by atoms with E-state index in [0.29, 0.717) is 0 Å². The van der Waals surface area contributed by atoms with Crippen LogP contribution in [0.3, 0.4) is 0 Å². The van der Waals surface area contributed by atoms with Gasteiger partial charge in [0, 0.05) is 0 Å². The first-order valence-electron chi connectivity index (χ1n) is 5.93. The van der Waals surface area contributed by atoms with Crippen molar-refractivity contribution in [1.29, 1.82) is 0 Å². The van der Waals surface area contributed by atoms with E-state index in [9.17, 15) is 4.79 Å². The molecule has 0 heterocycles.